The van der Waals surface area contributed by atoms with E-state index in [0.29, 0.717) is 0 Å². The summed E-state index contributed by atoms with van der Waals surface area (Å²) in [6.07, 6.45) is 0.0781. The van der Waals surface area contributed by atoms with Gasteiger partial charge in [0.1, 0.15) is 6.10 Å². The van der Waals surface area contributed by atoms with Crippen molar-refractivity contribution in [3.63, 3.8) is 0 Å². The van der Waals surface area contributed by atoms with Crippen molar-refractivity contribution in [2.24, 2.45) is 5.92 Å². The summed E-state index contributed by atoms with van der Waals surface area (Å²) >= 11 is 0. The molecule has 0 aliphatic rings. The average Bonchev–Trinajstić information content (AvgIpc) is 2.84. The maximum Gasteiger partial charge on any atom is 0.229 e. The van der Waals surface area contributed by atoms with Gasteiger partial charge < -0.3 is 14.4 Å². The smallest absolute Gasteiger partial charge is 0.229 e. The number of aryl methyl sites for hydroxylation is 4. The normalized spacial score (nSPS) is 12.5. The Morgan fingerprint density at radius 3 is 1.74 bits per heavy atom. The molecule has 0 spiro atoms. The monoisotopic (exact) mass is 513 g/mol. The van der Waals surface area contributed by atoms with Gasteiger partial charge in [0.2, 0.25) is 5.91 Å². The van der Waals surface area contributed by atoms with E-state index < -0.39 is 11.7 Å². The van der Waals surface area contributed by atoms with Crippen LogP contribution in [0.15, 0.2) is 42.5 Å². The molecule has 38 heavy (non-hydrogen) atoms. The lowest BCUT2D eigenvalue weighted by atomic mass is 9.84. The second-order valence-electron chi connectivity index (χ2n) is 11.8. The summed E-state index contributed by atoms with van der Waals surface area (Å²) in [5.41, 5.74) is 10.8. The van der Waals surface area contributed by atoms with E-state index in [0.717, 1.165) is 45.4 Å². The minimum Gasteiger partial charge on any atom is -0.360 e. The highest BCUT2D eigenvalue weighted by Gasteiger charge is 2.29. The Kier molecular flexibility index (Phi) is 8.68. The molecule has 3 rings (SSSR count). The Morgan fingerprint density at radius 2 is 1.32 bits per heavy atom. The Morgan fingerprint density at radius 1 is 0.816 bits per heavy atom. The predicted molar refractivity (Wildman–Crippen MR) is 159 cm³/mol. The van der Waals surface area contributed by atoms with E-state index in [9.17, 15) is 9.59 Å². The van der Waals surface area contributed by atoms with Crippen molar-refractivity contribution in [2.45, 2.75) is 80.9 Å². The lowest BCUT2D eigenvalue weighted by Gasteiger charge is -2.31. The molecule has 1 atom stereocenters. The van der Waals surface area contributed by atoms with Gasteiger partial charge in [-0.1, -0.05) is 50.2 Å². The van der Waals surface area contributed by atoms with Crippen LogP contribution in [0.2, 0.25) is 0 Å². The van der Waals surface area contributed by atoms with Crippen LogP contribution in [0.1, 0.15) is 74.1 Å². The fourth-order valence-electron chi connectivity index (χ4n) is 4.91. The summed E-state index contributed by atoms with van der Waals surface area (Å²) in [6, 6.07) is 14.8. The first-order chi connectivity index (χ1) is 17.7. The molecule has 0 radical (unpaired) electrons. The molecule has 0 fully saturated rings. The van der Waals surface area contributed by atoms with Gasteiger partial charge in [-0.25, -0.2) is 0 Å². The summed E-state index contributed by atoms with van der Waals surface area (Å²) in [4.78, 5) is 27.6. The summed E-state index contributed by atoms with van der Waals surface area (Å²) in [5, 5.41) is 0. The van der Waals surface area contributed by atoms with E-state index in [1.165, 1.54) is 22.3 Å². The van der Waals surface area contributed by atoms with Crippen LogP contribution >= 0.6 is 0 Å². The molecule has 0 heterocycles. The number of carbonyl (C=O) groups excluding carboxylic acids is 2. The number of rotatable bonds is 7. The van der Waals surface area contributed by atoms with Gasteiger partial charge in [-0.2, -0.15) is 0 Å². The van der Waals surface area contributed by atoms with Crippen LogP contribution < -0.4 is 4.90 Å². The van der Waals surface area contributed by atoms with Gasteiger partial charge in [-0.05, 0) is 112 Å². The highest BCUT2D eigenvalue weighted by Crippen LogP contribution is 2.45. The molecule has 4 heteroatoms. The number of aldehydes is 1. The van der Waals surface area contributed by atoms with E-state index >= 15 is 0 Å². The summed E-state index contributed by atoms with van der Waals surface area (Å²) < 4.78 is 6.30. The molecule has 3 aromatic rings. The molecule has 0 aromatic heterocycles. The Bertz CT molecular complexity index is 1360. The van der Waals surface area contributed by atoms with E-state index in [1.807, 2.05) is 47.7 Å². The lowest BCUT2D eigenvalue weighted by molar-refractivity contribution is -0.128. The van der Waals surface area contributed by atoms with E-state index in [4.69, 9.17) is 4.74 Å². The zero-order valence-corrected chi connectivity index (χ0v) is 24.9. The summed E-state index contributed by atoms with van der Waals surface area (Å²) in [6.45, 7) is 20.2. The molecule has 0 N–H and O–H groups in total. The summed E-state index contributed by atoms with van der Waals surface area (Å²) in [5.74, 6) is -0.165. The molecule has 1 amide bonds. The first-order valence-corrected chi connectivity index (χ1v) is 13.4. The number of nitrogens with zero attached hydrogens (tertiary/aromatic N) is 1. The molecule has 3 aromatic carbocycles. The number of carbonyl (C=O) groups is 2. The minimum absolute atomic E-state index is 0.0127. The number of anilines is 1. The van der Waals surface area contributed by atoms with Gasteiger partial charge in [-0.15, -0.1) is 0 Å². The standard InChI is InChI=1S/C34H43NO3/c1-20(2)33(37)35(11)29-18-28(30(19-36)38-34(8,9)10)31(26-14-12-21(3)23(5)16-26)25(7)32(29)27-15-13-22(4)24(6)17-27/h12-20,30H,1-11H3. The van der Waals surface area contributed by atoms with Crippen molar-refractivity contribution in [1.82, 2.24) is 0 Å². The molecule has 1 unspecified atom stereocenters. The highest BCUT2D eigenvalue weighted by atomic mass is 16.5. The molecule has 0 aliphatic carbocycles. The van der Waals surface area contributed by atoms with Crippen LogP contribution in [-0.4, -0.2) is 24.8 Å². The molecule has 202 valence electrons. The maximum atomic E-state index is 13.3. The van der Waals surface area contributed by atoms with Crippen LogP contribution in [-0.2, 0) is 14.3 Å². The topological polar surface area (TPSA) is 46.6 Å². The van der Waals surface area contributed by atoms with Crippen molar-refractivity contribution in [3.05, 3.63) is 75.8 Å². The minimum atomic E-state index is -0.791. The molecule has 0 saturated heterocycles. The van der Waals surface area contributed by atoms with E-state index in [2.05, 4.69) is 71.0 Å². The zero-order valence-electron chi connectivity index (χ0n) is 24.9. The molecule has 4 nitrogen and oxygen atoms in total. The number of benzene rings is 3. The van der Waals surface area contributed by atoms with Crippen LogP contribution in [0, 0.1) is 40.5 Å². The van der Waals surface area contributed by atoms with Crippen LogP contribution in [0.5, 0.6) is 0 Å². The molecule has 0 aliphatic heterocycles. The van der Waals surface area contributed by atoms with Gasteiger partial charge >= 0.3 is 0 Å². The van der Waals surface area contributed by atoms with Crippen molar-refractivity contribution < 1.29 is 14.3 Å². The fourth-order valence-corrected chi connectivity index (χ4v) is 4.91. The number of ether oxygens (including phenoxy) is 1. The Hall–Kier alpha value is -3.24. The second-order valence-corrected chi connectivity index (χ2v) is 11.8. The van der Waals surface area contributed by atoms with E-state index in [-0.39, 0.29) is 11.8 Å². The summed E-state index contributed by atoms with van der Waals surface area (Å²) in [7, 11) is 1.82. The van der Waals surface area contributed by atoms with Gasteiger partial charge in [0.15, 0.2) is 6.29 Å². The second kappa shape index (κ2) is 11.2. The van der Waals surface area contributed by atoms with Crippen molar-refractivity contribution in [1.29, 1.82) is 0 Å². The third-order valence-electron chi connectivity index (χ3n) is 7.27. The average molecular weight is 514 g/mol. The Labute approximate surface area is 229 Å². The number of hydrogen-bond acceptors (Lipinski definition) is 3. The number of amides is 1. The molecular formula is C34H43NO3. The van der Waals surface area contributed by atoms with Crippen molar-refractivity contribution in [3.8, 4) is 22.3 Å². The lowest BCUT2D eigenvalue weighted by Crippen LogP contribution is -2.31. The van der Waals surface area contributed by atoms with Gasteiger partial charge in [0.05, 0.1) is 11.3 Å². The Balaban J connectivity index is 2.51. The third-order valence-corrected chi connectivity index (χ3v) is 7.27. The molecular weight excluding hydrogens is 470 g/mol. The van der Waals surface area contributed by atoms with Crippen LogP contribution in [0.3, 0.4) is 0 Å². The quantitative estimate of drug-likeness (QED) is 0.299. The largest absolute Gasteiger partial charge is 0.360 e. The van der Waals surface area contributed by atoms with Crippen molar-refractivity contribution >= 4 is 17.9 Å². The molecule has 0 saturated carbocycles. The van der Waals surface area contributed by atoms with E-state index in [1.54, 1.807) is 4.90 Å². The SMILES string of the molecule is Cc1ccc(-c2c(C(C=O)OC(C)(C)C)cc(N(C)C(=O)C(C)C)c(-c3ccc(C)c(C)c3)c2C)cc1C. The van der Waals surface area contributed by atoms with Crippen LogP contribution in [0.4, 0.5) is 5.69 Å². The van der Waals surface area contributed by atoms with Crippen molar-refractivity contribution in [2.75, 3.05) is 11.9 Å². The predicted octanol–water partition coefficient (Wildman–Crippen LogP) is 8.24. The fraction of sp³-hybridized carbons (Fsp3) is 0.412. The molecule has 0 bridgehead atoms. The number of hydrogen-bond donors (Lipinski definition) is 0. The van der Waals surface area contributed by atoms with Crippen LogP contribution in [0.25, 0.3) is 22.3 Å². The third kappa shape index (κ3) is 6.07. The zero-order chi connectivity index (χ0) is 28.5. The first-order valence-electron chi connectivity index (χ1n) is 13.4. The van der Waals surface area contributed by atoms with Gasteiger partial charge in [0, 0.05) is 18.5 Å². The van der Waals surface area contributed by atoms with Gasteiger partial charge in [0.25, 0.3) is 0 Å². The highest BCUT2D eigenvalue weighted by molar-refractivity contribution is 6.01. The maximum absolute atomic E-state index is 13.3. The van der Waals surface area contributed by atoms with Gasteiger partial charge in [-0.3, -0.25) is 4.79 Å². The first kappa shape index (κ1) is 29.3.